The fraction of sp³-hybridized carbons (Fsp3) is 0.778. The van der Waals surface area contributed by atoms with Crippen molar-refractivity contribution in [3.05, 3.63) is 11.4 Å². The Morgan fingerprint density at radius 3 is 2.31 bits per heavy atom. The van der Waals surface area contributed by atoms with E-state index in [2.05, 4.69) is 9.82 Å². The first-order valence-corrected chi connectivity index (χ1v) is 11.0. The molecule has 1 aromatic heterocycles. The molecule has 2 fully saturated rings. The van der Waals surface area contributed by atoms with Crippen LogP contribution in [0.15, 0.2) is 4.90 Å². The summed E-state index contributed by atoms with van der Waals surface area (Å²) in [6.07, 6.45) is 3.76. The molecule has 0 spiro atoms. The third-order valence-electron chi connectivity index (χ3n) is 5.43. The van der Waals surface area contributed by atoms with Crippen molar-refractivity contribution in [3.8, 4) is 0 Å². The van der Waals surface area contributed by atoms with E-state index in [-0.39, 0.29) is 23.8 Å². The molecule has 0 radical (unpaired) electrons. The lowest BCUT2D eigenvalue weighted by Crippen LogP contribution is -2.42. The maximum absolute atomic E-state index is 12.8. The summed E-state index contributed by atoms with van der Waals surface area (Å²) < 4.78 is 30.1. The van der Waals surface area contributed by atoms with Crippen molar-refractivity contribution in [2.24, 2.45) is 11.8 Å². The molecule has 0 unspecified atom stereocenters. The molecule has 8 heteroatoms. The highest BCUT2D eigenvalue weighted by Crippen LogP contribution is 2.32. The number of aromatic nitrogens is 2. The van der Waals surface area contributed by atoms with E-state index >= 15 is 0 Å². The number of hydrogen-bond donors (Lipinski definition) is 1. The van der Waals surface area contributed by atoms with Gasteiger partial charge in [-0.15, -0.1) is 0 Å². The number of nitrogens with one attached hydrogen (secondary N) is 1. The van der Waals surface area contributed by atoms with Gasteiger partial charge >= 0.3 is 0 Å². The summed E-state index contributed by atoms with van der Waals surface area (Å²) in [5.41, 5.74) is 1.21. The van der Waals surface area contributed by atoms with Gasteiger partial charge in [-0.25, -0.2) is 13.1 Å². The summed E-state index contributed by atoms with van der Waals surface area (Å²) in [6, 6.07) is 0.117. The summed E-state index contributed by atoms with van der Waals surface area (Å²) in [6.45, 7) is 9.41. The number of aryl methyl sites for hydroxylation is 1. The van der Waals surface area contributed by atoms with Crippen molar-refractivity contribution in [2.45, 2.75) is 64.3 Å². The third kappa shape index (κ3) is 3.96. The van der Waals surface area contributed by atoms with Gasteiger partial charge in [-0.2, -0.15) is 5.10 Å². The van der Waals surface area contributed by atoms with E-state index in [0.717, 1.165) is 38.8 Å². The van der Waals surface area contributed by atoms with Crippen LogP contribution in [0.2, 0.25) is 0 Å². The van der Waals surface area contributed by atoms with Gasteiger partial charge in [0.15, 0.2) is 0 Å². The summed E-state index contributed by atoms with van der Waals surface area (Å²) in [5, 5.41) is 4.38. The standard InChI is InChI=1S/C18H30N4O3S/c1-12(2)22-14(4)17(13(3)20-22)26(24,25)19-11-15-7-9-21(10-8-15)18(23)16-5-6-16/h12,15-16,19H,5-11H2,1-4H3. The molecule has 3 rings (SSSR count). The van der Waals surface area contributed by atoms with Crippen molar-refractivity contribution in [1.82, 2.24) is 19.4 Å². The molecule has 2 heterocycles. The lowest BCUT2D eigenvalue weighted by Gasteiger charge is -2.32. The maximum Gasteiger partial charge on any atom is 0.244 e. The third-order valence-corrected chi connectivity index (χ3v) is 7.11. The van der Waals surface area contributed by atoms with Crippen LogP contribution >= 0.6 is 0 Å². The highest BCUT2D eigenvalue weighted by atomic mass is 32.2. The number of rotatable bonds is 6. The summed E-state index contributed by atoms with van der Waals surface area (Å²) in [7, 11) is -3.58. The van der Waals surface area contributed by atoms with Crippen molar-refractivity contribution < 1.29 is 13.2 Å². The van der Waals surface area contributed by atoms with Crippen LogP contribution in [0.1, 0.15) is 57.0 Å². The number of piperidine rings is 1. The largest absolute Gasteiger partial charge is 0.342 e. The Morgan fingerprint density at radius 2 is 1.81 bits per heavy atom. The van der Waals surface area contributed by atoms with E-state index in [1.54, 1.807) is 18.5 Å². The van der Waals surface area contributed by atoms with E-state index in [1.165, 1.54) is 0 Å². The maximum atomic E-state index is 12.8. The monoisotopic (exact) mass is 382 g/mol. The van der Waals surface area contributed by atoms with Crippen LogP contribution in [0.5, 0.6) is 0 Å². The fourth-order valence-electron chi connectivity index (χ4n) is 3.79. The van der Waals surface area contributed by atoms with Crippen LogP contribution < -0.4 is 4.72 Å². The number of amides is 1. The number of hydrogen-bond acceptors (Lipinski definition) is 4. The van der Waals surface area contributed by atoms with Crippen LogP contribution in [0, 0.1) is 25.7 Å². The van der Waals surface area contributed by atoms with E-state index in [9.17, 15) is 13.2 Å². The predicted molar refractivity (Wildman–Crippen MR) is 99.3 cm³/mol. The molecular formula is C18H30N4O3S. The zero-order valence-electron chi connectivity index (χ0n) is 16.2. The van der Waals surface area contributed by atoms with Gasteiger partial charge in [-0.3, -0.25) is 9.48 Å². The second-order valence-corrected chi connectivity index (χ2v) is 9.64. The van der Waals surface area contributed by atoms with Gasteiger partial charge in [0.2, 0.25) is 15.9 Å². The van der Waals surface area contributed by atoms with Gasteiger partial charge in [0.25, 0.3) is 0 Å². The Morgan fingerprint density at radius 1 is 1.19 bits per heavy atom. The van der Waals surface area contributed by atoms with Crippen LogP contribution in [-0.2, 0) is 14.8 Å². The molecule has 7 nitrogen and oxygen atoms in total. The van der Waals surface area contributed by atoms with Crippen molar-refractivity contribution in [1.29, 1.82) is 0 Å². The van der Waals surface area contributed by atoms with Crippen LogP contribution in [-0.4, -0.2) is 48.6 Å². The molecule has 1 N–H and O–H groups in total. The smallest absolute Gasteiger partial charge is 0.244 e. The zero-order chi connectivity index (χ0) is 19.1. The van der Waals surface area contributed by atoms with E-state index in [4.69, 9.17) is 0 Å². The molecule has 146 valence electrons. The minimum Gasteiger partial charge on any atom is -0.342 e. The molecule has 0 atom stereocenters. The molecule has 0 bridgehead atoms. The number of sulfonamides is 1. The van der Waals surface area contributed by atoms with E-state index < -0.39 is 10.0 Å². The Hall–Kier alpha value is -1.41. The van der Waals surface area contributed by atoms with Crippen LogP contribution in [0.4, 0.5) is 0 Å². The summed E-state index contributed by atoms with van der Waals surface area (Å²) >= 11 is 0. The Bertz CT molecular complexity index is 773. The molecule has 1 saturated heterocycles. The quantitative estimate of drug-likeness (QED) is 0.816. The molecule has 1 aliphatic heterocycles. The van der Waals surface area contributed by atoms with Gasteiger partial charge in [0, 0.05) is 31.6 Å². The van der Waals surface area contributed by atoms with Gasteiger partial charge in [-0.1, -0.05) is 0 Å². The molecule has 1 aliphatic carbocycles. The molecular weight excluding hydrogens is 352 g/mol. The topological polar surface area (TPSA) is 84.3 Å². The average molecular weight is 383 g/mol. The first-order chi connectivity index (χ1) is 12.2. The highest BCUT2D eigenvalue weighted by Gasteiger charge is 2.35. The normalized spacial score (nSPS) is 19.3. The number of carbonyl (C=O) groups excluding carboxylic acids is 1. The lowest BCUT2D eigenvalue weighted by molar-refractivity contribution is -0.133. The van der Waals surface area contributed by atoms with Crippen molar-refractivity contribution in [3.63, 3.8) is 0 Å². The first kappa shape index (κ1) is 19.4. The predicted octanol–water partition coefficient (Wildman–Crippen LogP) is 2.01. The van der Waals surface area contributed by atoms with Gasteiger partial charge < -0.3 is 4.90 Å². The van der Waals surface area contributed by atoms with Gasteiger partial charge in [0.05, 0.1) is 11.4 Å². The lowest BCUT2D eigenvalue weighted by atomic mass is 9.97. The average Bonchev–Trinajstić information content (AvgIpc) is 3.38. The molecule has 26 heavy (non-hydrogen) atoms. The van der Waals surface area contributed by atoms with Gasteiger partial charge in [-0.05, 0) is 59.3 Å². The SMILES string of the molecule is Cc1nn(C(C)C)c(C)c1S(=O)(=O)NCC1CCN(C(=O)C2CC2)CC1. The first-order valence-electron chi connectivity index (χ1n) is 9.55. The summed E-state index contributed by atoms with van der Waals surface area (Å²) in [5.74, 6) is 0.818. The summed E-state index contributed by atoms with van der Waals surface area (Å²) in [4.78, 5) is 14.4. The second kappa shape index (κ2) is 7.31. The van der Waals surface area contributed by atoms with Crippen LogP contribution in [0.25, 0.3) is 0 Å². The number of nitrogens with zero attached hydrogens (tertiary/aromatic N) is 3. The number of carbonyl (C=O) groups is 1. The Labute approximate surface area is 156 Å². The number of likely N-dealkylation sites (tertiary alicyclic amines) is 1. The van der Waals surface area contributed by atoms with Gasteiger partial charge in [0.1, 0.15) is 4.90 Å². The van der Waals surface area contributed by atoms with Crippen molar-refractivity contribution in [2.75, 3.05) is 19.6 Å². The van der Waals surface area contributed by atoms with Crippen molar-refractivity contribution >= 4 is 15.9 Å². The van der Waals surface area contributed by atoms with E-state index in [0.29, 0.717) is 22.8 Å². The minimum atomic E-state index is -3.58. The zero-order valence-corrected chi connectivity index (χ0v) is 17.0. The minimum absolute atomic E-state index is 0.117. The fourth-order valence-corrected chi connectivity index (χ4v) is 5.30. The highest BCUT2D eigenvalue weighted by molar-refractivity contribution is 7.89. The molecule has 0 aromatic carbocycles. The molecule has 1 aromatic rings. The molecule has 1 amide bonds. The molecule has 2 aliphatic rings. The van der Waals surface area contributed by atoms with Crippen LogP contribution in [0.3, 0.4) is 0 Å². The van der Waals surface area contributed by atoms with E-state index in [1.807, 2.05) is 18.7 Å². The molecule has 1 saturated carbocycles. The Kier molecular flexibility index (Phi) is 5.44. The second-order valence-electron chi connectivity index (χ2n) is 7.93. The Balaban J connectivity index is 1.58.